The quantitative estimate of drug-likeness (QED) is 0.410. The number of H-pyrrole nitrogens is 1. The molecule has 0 radical (unpaired) electrons. The highest BCUT2D eigenvalue weighted by Crippen LogP contribution is 2.56. The van der Waals surface area contributed by atoms with Crippen molar-refractivity contribution in [3.05, 3.63) is 40.8 Å². The van der Waals surface area contributed by atoms with E-state index >= 15 is 0 Å². The molecule has 1 aromatic heterocycles. The first-order valence-electron chi connectivity index (χ1n) is 10.9. The average Bonchev–Trinajstić information content (AvgIpc) is 3.18. The van der Waals surface area contributed by atoms with Crippen molar-refractivity contribution < 1.29 is 22.8 Å². The summed E-state index contributed by atoms with van der Waals surface area (Å²) in [7, 11) is -1.79. The summed E-state index contributed by atoms with van der Waals surface area (Å²) in [6, 6.07) is 0.599. The molecule has 1 aliphatic carbocycles. The lowest BCUT2D eigenvalue weighted by molar-refractivity contribution is -0.121. The number of urea groups is 1. The molecule has 0 unspecified atom stereocenters. The lowest BCUT2D eigenvalue weighted by Gasteiger charge is -2.57. The van der Waals surface area contributed by atoms with Crippen LogP contribution in [0.5, 0.6) is 0 Å². The standard InChI is InChI=1S/C22H28F3N5O2Si/c1-21(2)17-12(11-30(21)20(32)26-16-14(24)8-7-13(23)15(16)25)18(29-28-17)27-19(31)22(9-6-10-22)33(3,4)5/h7-8H,6,9-11H2,1-5H3,(H,26,32)(H2,27,28,29,31)/q-1. The van der Waals surface area contributed by atoms with Crippen molar-refractivity contribution in [3.8, 4) is 0 Å². The van der Waals surface area contributed by atoms with Gasteiger partial charge >= 0.3 is 6.03 Å². The van der Waals surface area contributed by atoms with Crippen LogP contribution in [0, 0.1) is 17.5 Å². The SMILES string of the molecule is CC1(C)c2[nH]nc(NC(=O)C3([Si-](C)(C)C)CCC3)c2CN1C(=O)Nc1c(F)ccc(F)c1F. The Morgan fingerprint density at radius 1 is 1.09 bits per heavy atom. The van der Waals surface area contributed by atoms with Crippen LogP contribution in [0.25, 0.3) is 0 Å². The second-order valence-electron chi connectivity index (χ2n) is 10.4. The third-order valence-corrected chi connectivity index (χ3v) is 10.9. The summed E-state index contributed by atoms with van der Waals surface area (Å²) in [5.74, 6) is -3.51. The van der Waals surface area contributed by atoms with Gasteiger partial charge in [0.15, 0.2) is 17.5 Å². The fraction of sp³-hybridized carbons (Fsp3) is 0.500. The molecule has 0 spiro atoms. The van der Waals surface area contributed by atoms with Gasteiger partial charge in [-0.05, 0) is 26.0 Å². The van der Waals surface area contributed by atoms with E-state index in [4.69, 9.17) is 0 Å². The molecule has 2 aliphatic rings. The predicted octanol–water partition coefficient (Wildman–Crippen LogP) is 5.31. The zero-order chi connectivity index (χ0) is 24.3. The van der Waals surface area contributed by atoms with Crippen molar-refractivity contribution in [2.24, 2.45) is 0 Å². The Kier molecular flexibility index (Phi) is 5.38. The van der Waals surface area contributed by atoms with Gasteiger partial charge in [-0.2, -0.15) is 24.7 Å². The summed E-state index contributed by atoms with van der Waals surface area (Å²) in [5.41, 5.74) is -0.514. The summed E-state index contributed by atoms with van der Waals surface area (Å²) in [6.45, 7) is 10.1. The van der Waals surface area contributed by atoms with Crippen molar-refractivity contribution in [3.63, 3.8) is 0 Å². The Bertz CT molecular complexity index is 1140. The number of fused-ring (bicyclic) bond motifs is 1. The van der Waals surface area contributed by atoms with Gasteiger partial charge in [0.05, 0.1) is 17.8 Å². The van der Waals surface area contributed by atoms with Crippen LogP contribution in [0.4, 0.5) is 29.5 Å². The van der Waals surface area contributed by atoms with Crippen LogP contribution in [-0.2, 0) is 16.9 Å². The van der Waals surface area contributed by atoms with Gasteiger partial charge < -0.3 is 15.5 Å². The van der Waals surface area contributed by atoms with Crippen LogP contribution >= 0.6 is 0 Å². The van der Waals surface area contributed by atoms with E-state index in [2.05, 4.69) is 40.5 Å². The van der Waals surface area contributed by atoms with Crippen LogP contribution in [-0.4, -0.2) is 35.1 Å². The number of nitrogens with zero attached hydrogens (tertiary/aromatic N) is 2. The molecule has 1 fully saturated rings. The van der Waals surface area contributed by atoms with E-state index in [0.717, 1.165) is 25.3 Å². The predicted molar refractivity (Wildman–Crippen MR) is 121 cm³/mol. The number of hydrogen-bond acceptors (Lipinski definition) is 3. The molecule has 3 N–H and O–H groups in total. The Hall–Kier alpha value is -2.82. The molecule has 1 aromatic carbocycles. The minimum Gasteiger partial charge on any atom is -0.311 e. The highest BCUT2D eigenvalue weighted by atomic mass is 28.3. The zero-order valence-corrected chi connectivity index (χ0v) is 20.3. The van der Waals surface area contributed by atoms with E-state index in [1.54, 1.807) is 13.8 Å². The van der Waals surface area contributed by atoms with Crippen LogP contribution in [0.1, 0.15) is 44.4 Å². The first kappa shape index (κ1) is 23.3. The lowest BCUT2D eigenvalue weighted by atomic mass is 9.83. The smallest absolute Gasteiger partial charge is 0.311 e. The molecular formula is C22H28F3N5O2Si-. The van der Waals surface area contributed by atoms with Gasteiger partial charge in [0.25, 0.3) is 0 Å². The van der Waals surface area contributed by atoms with E-state index < -0.39 is 42.8 Å². The topological polar surface area (TPSA) is 90.1 Å². The number of aromatic nitrogens is 2. The fourth-order valence-corrected chi connectivity index (χ4v) is 7.43. The van der Waals surface area contributed by atoms with E-state index in [-0.39, 0.29) is 17.5 Å². The Balaban J connectivity index is 1.57. The molecule has 179 valence electrons. The third kappa shape index (κ3) is 3.53. The van der Waals surface area contributed by atoms with Gasteiger partial charge in [0.2, 0.25) is 5.91 Å². The number of carbonyl (C=O) groups is 2. The first-order chi connectivity index (χ1) is 15.3. The largest absolute Gasteiger partial charge is 0.323 e. The molecule has 2 heterocycles. The molecule has 0 atom stereocenters. The van der Waals surface area contributed by atoms with Crippen LogP contribution in [0.3, 0.4) is 0 Å². The molecule has 0 saturated heterocycles. The number of hydrogen-bond donors (Lipinski definition) is 3. The number of rotatable bonds is 4. The summed E-state index contributed by atoms with van der Waals surface area (Å²) < 4.78 is 41.6. The zero-order valence-electron chi connectivity index (χ0n) is 19.3. The number of carbonyl (C=O) groups excluding carboxylic acids is 2. The van der Waals surface area contributed by atoms with Crippen molar-refractivity contribution in [1.82, 2.24) is 15.1 Å². The van der Waals surface area contributed by atoms with Crippen LogP contribution < -0.4 is 10.6 Å². The molecule has 4 rings (SSSR count). The van der Waals surface area contributed by atoms with Crippen molar-refractivity contribution >= 4 is 31.5 Å². The Labute approximate surface area is 191 Å². The van der Waals surface area contributed by atoms with E-state index in [9.17, 15) is 22.8 Å². The molecule has 33 heavy (non-hydrogen) atoms. The van der Waals surface area contributed by atoms with Gasteiger partial charge in [-0.25, -0.2) is 18.0 Å². The molecule has 2 aromatic rings. The lowest BCUT2D eigenvalue weighted by Crippen LogP contribution is -2.52. The second kappa shape index (κ2) is 7.61. The number of benzene rings is 1. The molecular weight excluding hydrogens is 451 g/mol. The van der Waals surface area contributed by atoms with Crippen molar-refractivity contribution in [2.75, 3.05) is 10.6 Å². The first-order valence-corrected chi connectivity index (χ1v) is 14.4. The summed E-state index contributed by atoms with van der Waals surface area (Å²) in [6.07, 6.45) is 2.72. The van der Waals surface area contributed by atoms with E-state index in [1.165, 1.54) is 4.90 Å². The Morgan fingerprint density at radius 3 is 2.30 bits per heavy atom. The second-order valence-corrected chi connectivity index (χ2v) is 15.8. The maximum atomic E-state index is 14.1. The van der Waals surface area contributed by atoms with Crippen molar-refractivity contribution in [2.45, 2.75) is 69.9 Å². The maximum absolute atomic E-state index is 14.1. The van der Waals surface area contributed by atoms with E-state index in [0.29, 0.717) is 23.1 Å². The third-order valence-electron chi connectivity index (χ3n) is 7.30. The van der Waals surface area contributed by atoms with Gasteiger partial charge in [0, 0.05) is 5.56 Å². The summed E-state index contributed by atoms with van der Waals surface area (Å²) in [5, 5.41) is 11.9. The molecule has 7 nitrogen and oxygen atoms in total. The monoisotopic (exact) mass is 479 g/mol. The number of amides is 3. The number of aromatic amines is 1. The maximum Gasteiger partial charge on any atom is 0.323 e. The van der Waals surface area contributed by atoms with Crippen LogP contribution in [0.15, 0.2) is 12.1 Å². The normalized spacial score (nSPS) is 18.5. The van der Waals surface area contributed by atoms with Gasteiger partial charge in [-0.15, -0.1) is 8.07 Å². The van der Waals surface area contributed by atoms with E-state index in [1.807, 2.05) is 0 Å². The number of anilines is 2. The van der Waals surface area contributed by atoms with Gasteiger partial charge in [0.1, 0.15) is 11.5 Å². The molecule has 11 heteroatoms. The minimum atomic E-state index is -1.79. The molecule has 1 saturated carbocycles. The van der Waals surface area contributed by atoms with Crippen molar-refractivity contribution in [1.29, 1.82) is 0 Å². The fourth-order valence-electron chi connectivity index (χ4n) is 4.84. The number of halogens is 3. The highest BCUT2D eigenvalue weighted by molar-refractivity contribution is 6.83. The average molecular weight is 480 g/mol. The Morgan fingerprint density at radius 2 is 1.73 bits per heavy atom. The molecule has 1 aliphatic heterocycles. The van der Waals surface area contributed by atoms with Gasteiger partial charge in [-0.3, -0.25) is 9.89 Å². The molecule has 0 bridgehead atoms. The minimum absolute atomic E-state index is 0.0492. The van der Waals surface area contributed by atoms with Gasteiger partial charge in [-0.1, -0.05) is 24.3 Å². The number of nitrogens with one attached hydrogen (secondary N) is 3. The highest BCUT2D eigenvalue weighted by Gasteiger charge is 2.47. The summed E-state index contributed by atoms with van der Waals surface area (Å²) >= 11 is 0. The molecule has 3 amide bonds. The van der Waals surface area contributed by atoms with Crippen LogP contribution in [0.2, 0.25) is 24.7 Å². The summed E-state index contributed by atoms with van der Waals surface area (Å²) in [4.78, 5) is 27.5.